The summed E-state index contributed by atoms with van der Waals surface area (Å²) in [4.78, 5) is 4.31. The lowest BCUT2D eigenvalue weighted by molar-refractivity contribution is 0.462. The molecule has 13 heavy (non-hydrogen) atoms. The summed E-state index contributed by atoms with van der Waals surface area (Å²) in [6.45, 7) is 4.78. The average molecular weight is 178 g/mol. The van der Waals surface area contributed by atoms with Gasteiger partial charge in [0.05, 0.1) is 5.69 Å². The van der Waals surface area contributed by atoms with Crippen molar-refractivity contribution in [2.24, 2.45) is 0 Å². The first-order valence-corrected chi connectivity index (χ1v) is 4.63. The second-order valence-electron chi connectivity index (χ2n) is 3.53. The minimum atomic E-state index is 0.349. The Kier molecular flexibility index (Phi) is 1.87. The van der Waals surface area contributed by atoms with Crippen LogP contribution >= 0.6 is 0 Å². The lowest BCUT2D eigenvalue weighted by Gasteiger charge is -2.20. The van der Waals surface area contributed by atoms with E-state index in [9.17, 15) is 5.11 Å². The summed E-state index contributed by atoms with van der Waals surface area (Å²) in [5.41, 5.74) is 2.87. The Hall–Kier alpha value is -1.25. The van der Waals surface area contributed by atoms with Crippen LogP contribution in [0, 0.1) is 13.8 Å². The molecule has 70 valence electrons. The minimum absolute atomic E-state index is 0.349. The zero-order valence-corrected chi connectivity index (χ0v) is 8.02. The molecular formula is C10H14N2O. The molecule has 0 saturated carbocycles. The van der Waals surface area contributed by atoms with Crippen LogP contribution in [0.4, 0.5) is 5.82 Å². The van der Waals surface area contributed by atoms with Gasteiger partial charge < -0.3 is 10.4 Å². The molecule has 2 heterocycles. The molecule has 3 nitrogen and oxygen atoms in total. The number of aromatic nitrogens is 1. The van der Waals surface area contributed by atoms with Gasteiger partial charge in [-0.2, -0.15) is 0 Å². The van der Waals surface area contributed by atoms with Crippen molar-refractivity contribution in [3.8, 4) is 5.75 Å². The lowest BCUT2D eigenvalue weighted by atomic mass is 10.0. The maximum Gasteiger partial charge on any atom is 0.140 e. The fourth-order valence-electron chi connectivity index (χ4n) is 1.80. The van der Waals surface area contributed by atoms with Gasteiger partial charge in [-0.25, -0.2) is 4.98 Å². The van der Waals surface area contributed by atoms with Crippen LogP contribution in [0.3, 0.4) is 0 Å². The number of anilines is 1. The number of pyridine rings is 1. The Morgan fingerprint density at radius 3 is 2.92 bits per heavy atom. The van der Waals surface area contributed by atoms with Gasteiger partial charge >= 0.3 is 0 Å². The highest BCUT2D eigenvalue weighted by molar-refractivity contribution is 5.56. The minimum Gasteiger partial charge on any atom is -0.506 e. The van der Waals surface area contributed by atoms with Gasteiger partial charge in [0.25, 0.3) is 0 Å². The largest absolute Gasteiger partial charge is 0.506 e. The molecule has 2 N–H and O–H groups in total. The first-order valence-electron chi connectivity index (χ1n) is 4.63. The maximum absolute atomic E-state index is 9.67. The Balaban J connectivity index is 2.60. The Bertz CT molecular complexity index is 347. The van der Waals surface area contributed by atoms with Gasteiger partial charge in [0.15, 0.2) is 0 Å². The summed E-state index contributed by atoms with van der Waals surface area (Å²) in [6, 6.07) is 0. The van der Waals surface area contributed by atoms with Gasteiger partial charge in [0.2, 0.25) is 0 Å². The van der Waals surface area contributed by atoms with Crippen LogP contribution in [-0.2, 0) is 6.42 Å². The number of aryl methyl sites for hydroxylation is 1. The van der Waals surface area contributed by atoms with E-state index in [1.807, 2.05) is 13.8 Å². The highest BCUT2D eigenvalue weighted by Gasteiger charge is 2.16. The highest BCUT2D eigenvalue weighted by atomic mass is 16.3. The topological polar surface area (TPSA) is 45.2 Å². The standard InChI is InChI=1S/C10H14N2O/c1-6-8-4-3-5-11-10(8)12-7(2)9(6)13/h13H,3-5H2,1-2H3,(H,11,12). The summed E-state index contributed by atoms with van der Waals surface area (Å²) in [7, 11) is 0. The van der Waals surface area contributed by atoms with Crippen molar-refractivity contribution in [3.05, 3.63) is 16.8 Å². The fraction of sp³-hybridized carbons (Fsp3) is 0.500. The highest BCUT2D eigenvalue weighted by Crippen LogP contribution is 2.30. The number of nitrogens with zero attached hydrogens (tertiary/aromatic N) is 1. The molecule has 0 fully saturated rings. The number of rotatable bonds is 0. The quantitative estimate of drug-likeness (QED) is 0.636. The van der Waals surface area contributed by atoms with Crippen LogP contribution in [0.1, 0.15) is 23.2 Å². The third-order valence-electron chi connectivity index (χ3n) is 2.61. The van der Waals surface area contributed by atoms with E-state index in [0.29, 0.717) is 11.4 Å². The predicted octanol–water partition coefficient (Wildman–Crippen LogP) is 1.76. The van der Waals surface area contributed by atoms with E-state index in [1.54, 1.807) is 0 Å². The van der Waals surface area contributed by atoms with Crippen molar-refractivity contribution < 1.29 is 5.11 Å². The van der Waals surface area contributed by atoms with Crippen molar-refractivity contribution in [1.29, 1.82) is 0 Å². The summed E-state index contributed by atoms with van der Waals surface area (Å²) in [5.74, 6) is 1.31. The Labute approximate surface area is 77.8 Å². The second kappa shape index (κ2) is 2.91. The molecule has 1 aliphatic rings. The zero-order valence-electron chi connectivity index (χ0n) is 8.02. The average Bonchev–Trinajstić information content (AvgIpc) is 2.15. The second-order valence-corrected chi connectivity index (χ2v) is 3.53. The molecule has 1 aliphatic heterocycles. The number of hydrogen-bond acceptors (Lipinski definition) is 3. The fourth-order valence-corrected chi connectivity index (χ4v) is 1.80. The summed E-state index contributed by atoms with van der Waals surface area (Å²) in [5, 5.41) is 12.9. The van der Waals surface area contributed by atoms with Gasteiger partial charge in [-0.05, 0) is 32.3 Å². The lowest BCUT2D eigenvalue weighted by Crippen LogP contribution is -2.15. The van der Waals surface area contributed by atoms with Crippen molar-refractivity contribution in [2.75, 3.05) is 11.9 Å². The molecule has 2 rings (SSSR count). The predicted molar refractivity (Wildman–Crippen MR) is 52.2 cm³/mol. The van der Waals surface area contributed by atoms with Gasteiger partial charge in [-0.15, -0.1) is 0 Å². The molecule has 0 atom stereocenters. The first kappa shape index (κ1) is 8.35. The molecule has 0 unspecified atom stereocenters. The number of hydrogen-bond donors (Lipinski definition) is 2. The normalized spacial score (nSPS) is 14.9. The molecule has 0 aliphatic carbocycles. The van der Waals surface area contributed by atoms with Crippen LogP contribution in [0.2, 0.25) is 0 Å². The Morgan fingerprint density at radius 2 is 2.15 bits per heavy atom. The van der Waals surface area contributed by atoms with Gasteiger partial charge in [0, 0.05) is 12.1 Å². The number of fused-ring (bicyclic) bond motifs is 1. The van der Waals surface area contributed by atoms with Crippen LogP contribution in [0.25, 0.3) is 0 Å². The molecule has 0 amide bonds. The van der Waals surface area contributed by atoms with Crippen molar-refractivity contribution in [2.45, 2.75) is 26.7 Å². The molecule has 0 aromatic carbocycles. The molecule has 3 heteroatoms. The van der Waals surface area contributed by atoms with Crippen LogP contribution in [0.5, 0.6) is 5.75 Å². The van der Waals surface area contributed by atoms with Gasteiger partial charge in [-0.1, -0.05) is 0 Å². The molecule has 1 aromatic heterocycles. The molecule has 1 aromatic rings. The molecular weight excluding hydrogens is 164 g/mol. The zero-order chi connectivity index (χ0) is 9.42. The van der Waals surface area contributed by atoms with Crippen molar-refractivity contribution in [3.63, 3.8) is 0 Å². The van der Waals surface area contributed by atoms with Crippen LogP contribution in [-0.4, -0.2) is 16.6 Å². The van der Waals surface area contributed by atoms with Crippen LogP contribution in [0.15, 0.2) is 0 Å². The molecule has 0 saturated heterocycles. The third-order valence-corrected chi connectivity index (χ3v) is 2.61. The van der Waals surface area contributed by atoms with Crippen LogP contribution < -0.4 is 5.32 Å². The molecule has 0 spiro atoms. The van der Waals surface area contributed by atoms with E-state index in [0.717, 1.165) is 30.8 Å². The van der Waals surface area contributed by atoms with Gasteiger partial charge in [-0.3, -0.25) is 0 Å². The molecule has 0 radical (unpaired) electrons. The summed E-state index contributed by atoms with van der Waals surface area (Å²) >= 11 is 0. The smallest absolute Gasteiger partial charge is 0.140 e. The molecule has 0 bridgehead atoms. The van der Waals surface area contributed by atoms with E-state index < -0.39 is 0 Å². The maximum atomic E-state index is 9.67. The Morgan fingerprint density at radius 1 is 1.38 bits per heavy atom. The number of nitrogens with one attached hydrogen (secondary N) is 1. The van der Waals surface area contributed by atoms with Crippen molar-refractivity contribution in [1.82, 2.24) is 4.98 Å². The number of aromatic hydroxyl groups is 1. The monoisotopic (exact) mass is 178 g/mol. The van der Waals surface area contributed by atoms with E-state index in [-0.39, 0.29) is 0 Å². The van der Waals surface area contributed by atoms with E-state index in [4.69, 9.17) is 0 Å². The van der Waals surface area contributed by atoms with E-state index in [2.05, 4.69) is 10.3 Å². The van der Waals surface area contributed by atoms with E-state index in [1.165, 1.54) is 5.56 Å². The summed E-state index contributed by atoms with van der Waals surface area (Å²) < 4.78 is 0. The first-order chi connectivity index (χ1) is 6.20. The summed E-state index contributed by atoms with van der Waals surface area (Å²) in [6.07, 6.45) is 2.15. The third kappa shape index (κ3) is 1.24. The van der Waals surface area contributed by atoms with E-state index >= 15 is 0 Å². The van der Waals surface area contributed by atoms with Gasteiger partial charge in [0.1, 0.15) is 11.6 Å². The van der Waals surface area contributed by atoms with Crippen molar-refractivity contribution >= 4 is 5.82 Å². The SMILES string of the molecule is Cc1nc2c(c(C)c1O)CCCN2.